The Hall–Kier alpha value is -1.86. The molecular weight excluding hydrogens is 367 g/mol. The van der Waals surface area contributed by atoms with Gasteiger partial charge in [0.15, 0.2) is 5.82 Å². The number of halogens is 1. The normalized spacial score (nSPS) is 21.4. The quantitative estimate of drug-likeness (QED) is 0.785. The zero-order valence-electron chi connectivity index (χ0n) is 17.9. The molecule has 1 saturated carbocycles. The number of hydrogen-bond acceptors (Lipinski definition) is 5. The van der Waals surface area contributed by atoms with E-state index < -0.39 is 0 Å². The summed E-state index contributed by atoms with van der Waals surface area (Å²) in [6.07, 6.45) is 6.79. The Bertz CT molecular complexity index is 782. The summed E-state index contributed by atoms with van der Waals surface area (Å²) < 4.78 is 15.5. The maximum Gasteiger partial charge on any atom is 0.173 e. The Morgan fingerprint density at radius 1 is 0.966 bits per heavy atom. The summed E-state index contributed by atoms with van der Waals surface area (Å²) in [4.78, 5) is 5.13. The van der Waals surface area contributed by atoms with Gasteiger partial charge in [0, 0.05) is 32.2 Å². The molecule has 0 amide bonds. The van der Waals surface area contributed by atoms with Crippen LogP contribution in [0.2, 0.25) is 0 Å². The summed E-state index contributed by atoms with van der Waals surface area (Å²) in [7, 11) is 0. The van der Waals surface area contributed by atoms with E-state index in [1.165, 1.54) is 44.2 Å². The molecule has 0 N–H and O–H groups in total. The predicted molar refractivity (Wildman–Crippen MR) is 111 cm³/mol. The van der Waals surface area contributed by atoms with Crippen molar-refractivity contribution in [2.75, 3.05) is 26.2 Å². The van der Waals surface area contributed by atoms with Crippen LogP contribution in [0.3, 0.4) is 0 Å². The minimum Gasteiger partial charge on any atom is -0.298 e. The topological polar surface area (TPSA) is 50.1 Å². The molecule has 2 aliphatic rings. The Morgan fingerprint density at radius 2 is 1.62 bits per heavy atom. The van der Waals surface area contributed by atoms with Gasteiger partial charge in [0.2, 0.25) is 0 Å². The second kappa shape index (κ2) is 8.48. The van der Waals surface area contributed by atoms with Gasteiger partial charge in [0.1, 0.15) is 5.82 Å². The number of benzene rings is 1. The Labute approximate surface area is 173 Å². The minimum absolute atomic E-state index is 0.0710. The summed E-state index contributed by atoms with van der Waals surface area (Å²) in [5, 5.41) is 12.7. The highest BCUT2D eigenvalue weighted by molar-refractivity contribution is 5.26. The fraction of sp³-hybridized carbons (Fsp3) is 0.682. The van der Waals surface area contributed by atoms with Gasteiger partial charge < -0.3 is 0 Å². The number of rotatable bonds is 4. The van der Waals surface area contributed by atoms with Gasteiger partial charge in [-0.25, -0.2) is 9.07 Å². The van der Waals surface area contributed by atoms with Gasteiger partial charge in [-0.15, -0.1) is 5.10 Å². The first-order valence-electron chi connectivity index (χ1n) is 11.0. The highest BCUT2D eigenvalue weighted by Gasteiger charge is 2.34. The van der Waals surface area contributed by atoms with Crippen molar-refractivity contribution in [2.24, 2.45) is 0 Å². The molecule has 4 rings (SSSR count). The molecule has 2 heterocycles. The van der Waals surface area contributed by atoms with Crippen LogP contribution in [-0.2, 0) is 5.54 Å². The number of aromatic nitrogens is 4. The van der Waals surface area contributed by atoms with E-state index in [0.29, 0.717) is 0 Å². The fourth-order valence-corrected chi connectivity index (χ4v) is 4.82. The highest BCUT2D eigenvalue weighted by atomic mass is 19.1. The standard InChI is InChI=1S/C22H33FN6/c1-22(2,3)29-21(24-25-26-29)20(17-9-11-18(23)12-10-17)28-15-13-27(14-16-28)19-7-5-4-6-8-19/h9-12,19-20H,4-8,13-16H2,1-3H3. The molecule has 158 valence electrons. The van der Waals surface area contributed by atoms with Crippen LogP contribution in [0.15, 0.2) is 24.3 Å². The Balaban J connectivity index is 1.58. The van der Waals surface area contributed by atoms with Crippen LogP contribution in [0, 0.1) is 5.82 Å². The number of piperazine rings is 1. The summed E-state index contributed by atoms with van der Waals surface area (Å²) in [6, 6.07) is 7.48. The van der Waals surface area contributed by atoms with E-state index in [1.54, 1.807) is 0 Å². The lowest BCUT2D eigenvalue weighted by Crippen LogP contribution is -2.52. The van der Waals surface area contributed by atoms with E-state index in [-0.39, 0.29) is 17.4 Å². The van der Waals surface area contributed by atoms with Gasteiger partial charge in [-0.1, -0.05) is 31.4 Å². The zero-order valence-corrected chi connectivity index (χ0v) is 17.9. The number of tetrazole rings is 1. The van der Waals surface area contributed by atoms with Crippen molar-refractivity contribution >= 4 is 0 Å². The van der Waals surface area contributed by atoms with Crippen LogP contribution in [0.25, 0.3) is 0 Å². The molecule has 0 spiro atoms. The summed E-state index contributed by atoms with van der Waals surface area (Å²) in [5.41, 5.74) is 0.818. The van der Waals surface area contributed by atoms with Crippen LogP contribution in [-0.4, -0.2) is 62.2 Å². The molecule has 0 bridgehead atoms. The van der Waals surface area contributed by atoms with E-state index in [0.717, 1.165) is 43.6 Å². The maximum atomic E-state index is 13.6. The van der Waals surface area contributed by atoms with E-state index in [4.69, 9.17) is 0 Å². The Morgan fingerprint density at radius 3 is 2.24 bits per heavy atom. The van der Waals surface area contributed by atoms with Crippen LogP contribution < -0.4 is 0 Å². The van der Waals surface area contributed by atoms with Gasteiger partial charge >= 0.3 is 0 Å². The molecule has 29 heavy (non-hydrogen) atoms. The maximum absolute atomic E-state index is 13.6. The van der Waals surface area contributed by atoms with Gasteiger partial charge in [0.25, 0.3) is 0 Å². The zero-order chi connectivity index (χ0) is 20.4. The lowest BCUT2D eigenvalue weighted by molar-refractivity contribution is 0.0609. The summed E-state index contributed by atoms with van der Waals surface area (Å²) in [5.74, 6) is 0.611. The van der Waals surface area contributed by atoms with Gasteiger partial charge in [-0.05, 0) is 61.7 Å². The van der Waals surface area contributed by atoms with Crippen LogP contribution in [0.4, 0.5) is 4.39 Å². The van der Waals surface area contributed by atoms with Crippen LogP contribution in [0.5, 0.6) is 0 Å². The molecule has 1 aromatic heterocycles. The molecule has 1 saturated heterocycles. The SMILES string of the molecule is CC(C)(C)n1nnnc1C(c1ccc(F)cc1)N1CCN(C2CCCCC2)CC1. The summed E-state index contributed by atoms with van der Waals surface area (Å²) in [6.45, 7) is 10.4. The van der Waals surface area contributed by atoms with Crippen molar-refractivity contribution in [3.8, 4) is 0 Å². The third-order valence-corrected chi connectivity index (χ3v) is 6.36. The molecule has 1 aliphatic heterocycles. The van der Waals surface area contributed by atoms with Crippen molar-refractivity contribution in [2.45, 2.75) is 70.5 Å². The average molecular weight is 401 g/mol. The first kappa shape index (κ1) is 20.4. The molecule has 0 radical (unpaired) electrons. The highest BCUT2D eigenvalue weighted by Crippen LogP contribution is 2.32. The van der Waals surface area contributed by atoms with E-state index in [2.05, 4.69) is 46.1 Å². The lowest BCUT2D eigenvalue weighted by Gasteiger charge is -2.43. The van der Waals surface area contributed by atoms with E-state index in [1.807, 2.05) is 16.8 Å². The second-order valence-electron chi connectivity index (χ2n) is 9.44. The molecule has 6 nitrogen and oxygen atoms in total. The van der Waals surface area contributed by atoms with E-state index >= 15 is 0 Å². The third kappa shape index (κ3) is 4.51. The molecule has 1 aliphatic carbocycles. The minimum atomic E-state index is -0.221. The van der Waals surface area contributed by atoms with Gasteiger partial charge in [-0.3, -0.25) is 9.80 Å². The first-order chi connectivity index (χ1) is 13.9. The van der Waals surface area contributed by atoms with Crippen molar-refractivity contribution in [3.05, 3.63) is 41.5 Å². The van der Waals surface area contributed by atoms with Gasteiger partial charge in [0.05, 0.1) is 11.6 Å². The molecular formula is C22H33FN6. The molecule has 7 heteroatoms. The van der Waals surface area contributed by atoms with Crippen molar-refractivity contribution in [3.63, 3.8) is 0 Å². The average Bonchev–Trinajstić information content (AvgIpc) is 3.21. The van der Waals surface area contributed by atoms with Gasteiger partial charge in [-0.2, -0.15) is 0 Å². The summed E-state index contributed by atoms with van der Waals surface area (Å²) >= 11 is 0. The first-order valence-corrected chi connectivity index (χ1v) is 11.0. The molecule has 1 aromatic carbocycles. The number of hydrogen-bond donors (Lipinski definition) is 0. The lowest BCUT2D eigenvalue weighted by atomic mass is 9.93. The molecule has 1 unspecified atom stereocenters. The fourth-order valence-electron chi connectivity index (χ4n) is 4.82. The second-order valence-corrected chi connectivity index (χ2v) is 9.44. The smallest absolute Gasteiger partial charge is 0.173 e. The van der Waals surface area contributed by atoms with Crippen molar-refractivity contribution in [1.82, 2.24) is 30.0 Å². The number of nitrogens with zero attached hydrogens (tertiary/aromatic N) is 6. The van der Waals surface area contributed by atoms with Crippen LogP contribution in [0.1, 0.15) is 70.3 Å². The van der Waals surface area contributed by atoms with Crippen LogP contribution >= 0.6 is 0 Å². The van der Waals surface area contributed by atoms with Crippen molar-refractivity contribution < 1.29 is 4.39 Å². The Kier molecular flexibility index (Phi) is 5.97. The molecule has 2 fully saturated rings. The molecule has 1 atom stereocenters. The third-order valence-electron chi connectivity index (χ3n) is 6.36. The molecule has 2 aromatic rings. The monoisotopic (exact) mass is 400 g/mol. The predicted octanol–water partition coefficient (Wildman–Crippen LogP) is 3.61. The van der Waals surface area contributed by atoms with E-state index in [9.17, 15) is 4.39 Å². The largest absolute Gasteiger partial charge is 0.298 e. The van der Waals surface area contributed by atoms with Crippen molar-refractivity contribution in [1.29, 1.82) is 0 Å².